The van der Waals surface area contributed by atoms with Crippen molar-refractivity contribution in [1.82, 2.24) is 4.68 Å². The fourth-order valence-electron chi connectivity index (χ4n) is 0.841. The summed E-state index contributed by atoms with van der Waals surface area (Å²) in [5, 5.41) is 4.04. The van der Waals surface area contributed by atoms with Crippen LogP contribution in [0.4, 0.5) is 0 Å². The minimum atomic E-state index is 1.20. The van der Waals surface area contributed by atoms with Crippen LogP contribution in [0, 0.1) is 0 Å². The highest BCUT2D eigenvalue weighted by Crippen LogP contribution is 2.04. The molecule has 1 aromatic rings. The quantitative estimate of drug-likeness (QED) is 0.489. The van der Waals surface area contributed by atoms with Crippen LogP contribution < -0.4 is 0 Å². The number of rotatable bonds is 0. The van der Waals surface area contributed by atoms with Crippen molar-refractivity contribution in [2.75, 3.05) is 0 Å². The van der Waals surface area contributed by atoms with Gasteiger partial charge in [0.2, 0.25) is 0 Å². The Kier molecular flexibility index (Phi) is 0.803. The van der Waals surface area contributed by atoms with Crippen molar-refractivity contribution >= 4 is 12.3 Å². The minimum Gasteiger partial charge on any atom is -0.248 e. The van der Waals surface area contributed by atoms with Gasteiger partial charge in [0.25, 0.3) is 0 Å². The number of nitrogens with zero attached hydrogens (tertiary/aromatic N) is 2. The lowest BCUT2D eigenvalue weighted by molar-refractivity contribution is 0.896. The molecule has 2 bridgehead atoms. The molecule has 9 heavy (non-hydrogen) atoms. The molecule has 0 saturated heterocycles. The zero-order chi connectivity index (χ0) is 6.10. The van der Waals surface area contributed by atoms with E-state index in [0.29, 0.717) is 0 Å². The maximum atomic E-state index is 4.04. The van der Waals surface area contributed by atoms with Crippen LogP contribution in [0.15, 0.2) is 29.6 Å². The Morgan fingerprint density at radius 1 is 1.44 bits per heavy atom. The van der Waals surface area contributed by atoms with E-state index in [9.17, 15) is 0 Å². The van der Waals surface area contributed by atoms with Gasteiger partial charge in [0, 0.05) is 18.6 Å². The summed E-state index contributed by atoms with van der Waals surface area (Å²) >= 11 is 0. The van der Waals surface area contributed by atoms with Gasteiger partial charge in [-0.2, -0.15) is 5.10 Å². The molecule has 0 saturated carbocycles. The average Bonchev–Trinajstić information content (AvgIpc) is 2.09. The van der Waals surface area contributed by atoms with Crippen molar-refractivity contribution in [3.05, 3.63) is 30.1 Å². The van der Waals surface area contributed by atoms with E-state index in [4.69, 9.17) is 0 Å². The molecule has 0 aliphatic carbocycles. The Labute approximate surface area is 53.1 Å². The third kappa shape index (κ3) is 0.682. The Bertz CT molecular complexity index is 242. The first-order valence-corrected chi connectivity index (χ1v) is 2.84. The van der Waals surface area contributed by atoms with Crippen LogP contribution in [0.3, 0.4) is 0 Å². The number of fused-ring (bicyclic) bond motifs is 2. The maximum absolute atomic E-state index is 4.04. The van der Waals surface area contributed by atoms with Gasteiger partial charge >= 0.3 is 0 Å². The molecule has 2 heterocycles. The topological polar surface area (TPSA) is 17.3 Å². The molecular formula is C7H6N2. The summed E-state index contributed by atoms with van der Waals surface area (Å²) < 4.78 is 1.79. The molecular weight excluding hydrogens is 112 g/mol. The summed E-state index contributed by atoms with van der Waals surface area (Å²) in [5.41, 5.74) is 1.20. The summed E-state index contributed by atoms with van der Waals surface area (Å²) in [7, 11) is 0. The van der Waals surface area contributed by atoms with Gasteiger partial charge < -0.3 is 0 Å². The van der Waals surface area contributed by atoms with Gasteiger partial charge in [-0.05, 0) is 17.7 Å². The van der Waals surface area contributed by atoms with Gasteiger partial charge in [-0.3, -0.25) is 0 Å². The van der Waals surface area contributed by atoms with Crippen molar-refractivity contribution < 1.29 is 0 Å². The second kappa shape index (κ2) is 1.58. The molecule has 0 fully saturated rings. The summed E-state index contributed by atoms with van der Waals surface area (Å²) in [6.07, 6.45) is 9.62. The molecule has 1 aliphatic heterocycles. The molecule has 0 spiro atoms. The summed E-state index contributed by atoms with van der Waals surface area (Å²) in [4.78, 5) is 0. The zero-order valence-corrected chi connectivity index (χ0v) is 4.86. The standard InChI is InChI=1S/C7H6N2/c1-2-7-3-5-9(6-7)8-4-1/h1-6H. The first kappa shape index (κ1) is 4.56. The van der Waals surface area contributed by atoms with Gasteiger partial charge in [0.05, 0.1) is 0 Å². The monoisotopic (exact) mass is 118 g/mol. The van der Waals surface area contributed by atoms with Crippen LogP contribution in [0.2, 0.25) is 0 Å². The molecule has 0 aromatic carbocycles. The molecule has 1 aromatic heterocycles. The van der Waals surface area contributed by atoms with Crippen molar-refractivity contribution in [1.29, 1.82) is 0 Å². The second-order valence-corrected chi connectivity index (χ2v) is 1.95. The Morgan fingerprint density at radius 2 is 2.44 bits per heavy atom. The summed E-state index contributed by atoms with van der Waals surface area (Å²) in [6, 6.07) is 2.02. The Balaban J connectivity index is 2.66. The maximum Gasteiger partial charge on any atom is 0.0478 e. The lowest BCUT2D eigenvalue weighted by Crippen LogP contribution is -1.79. The predicted octanol–water partition coefficient (Wildman–Crippen LogP) is 1.35. The molecule has 0 N–H and O–H groups in total. The first-order chi connectivity index (χ1) is 4.45. The van der Waals surface area contributed by atoms with E-state index in [1.54, 1.807) is 10.9 Å². The van der Waals surface area contributed by atoms with E-state index < -0.39 is 0 Å². The lowest BCUT2D eigenvalue weighted by Gasteiger charge is -1.84. The third-order valence-electron chi connectivity index (χ3n) is 1.28. The molecule has 2 heteroatoms. The predicted molar refractivity (Wildman–Crippen MR) is 37.4 cm³/mol. The average molecular weight is 118 g/mol. The fourth-order valence-corrected chi connectivity index (χ4v) is 0.841. The highest BCUT2D eigenvalue weighted by atomic mass is 15.3. The van der Waals surface area contributed by atoms with E-state index in [0.717, 1.165) is 0 Å². The summed E-state index contributed by atoms with van der Waals surface area (Å²) in [6.45, 7) is 0. The van der Waals surface area contributed by atoms with Crippen molar-refractivity contribution in [2.45, 2.75) is 0 Å². The van der Waals surface area contributed by atoms with Gasteiger partial charge in [0.1, 0.15) is 0 Å². The molecule has 44 valence electrons. The second-order valence-electron chi connectivity index (χ2n) is 1.95. The van der Waals surface area contributed by atoms with Crippen LogP contribution in [0.25, 0.3) is 6.08 Å². The molecule has 0 radical (unpaired) electrons. The molecule has 0 unspecified atom stereocenters. The normalized spacial score (nSPS) is 13.8. The zero-order valence-electron chi connectivity index (χ0n) is 4.86. The van der Waals surface area contributed by atoms with E-state index in [2.05, 4.69) is 5.10 Å². The van der Waals surface area contributed by atoms with E-state index >= 15 is 0 Å². The van der Waals surface area contributed by atoms with Gasteiger partial charge in [0.15, 0.2) is 0 Å². The van der Waals surface area contributed by atoms with Crippen molar-refractivity contribution in [2.24, 2.45) is 5.10 Å². The highest BCUT2D eigenvalue weighted by Gasteiger charge is 1.91. The fraction of sp³-hybridized carbons (Fsp3) is 0. The van der Waals surface area contributed by atoms with Gasteiger partial charge in [-0.1, -0.05) is 6.08 Å². The van der Waals surface area contributed by atoms with Crippen LogP contribution in [-0.4, -0.2) is 10.9 Å². The van der Waals surface area contributed by atoms with E-state index in [1.807, 2.05) is 30.6 Å². The van der Waals surface area contributed by atoms with Crippen LogP contribution >= 0.6 is 0 Å². The highest BCUT2D eigenvalue weighted by molar-refractivity contribution is 5.78. The van der Waals surface area contributed by atoms with Crippen LogP contribution in [-0.2, 0) is 0 Å². The van der Waals surface area contributed by atoms with Crippen LogP contribution in [0.1, 0.15) is 5.56 Å². The molecule has 1 aliphatic rings. The SMILES string of the molecule is C1=Cc2ccn(c2)N=C1. The number of aromatic nitrogens is 1. The van der Waals surface area contributed by atoms with Crippen LogP contribution in [0.5, 0.6) is 0 Å². The first-order valence-electron chi connectivity index (χ1n) is 2.84. The lowest BCUT2D eigenvalue weighted by atomic mass is 10.3. The molecule has 2 nitrogen and oxygen atoms in total. The van der Waals surface area contributed by atoms with Crippen molar-refractivity contribution in [3.63, 3.8) is 0 Å². The van der Waals surface area contributed by atoms with E-state index in [1.165, 1.54) is 5.56 Å². The molecule has 0 amide bonds. The largest absolute Gasteiger partial charge is 0.248 e. The minimum absolute atomic E-state index is 1.20. The van der Waals surface area contributed by atoms with Crippen molar-refractivity contribution in [3.8, 4) is 0 Å². The number of allylic oxidation sites excluding steroid dienone is 1. The molecule has 2 rings (SSSR count). The van der Waals surface area contributed by atoms with E-state index in [-0.39, 0.29) is 0 Å². The summed E-state index contributed by atoms with van der Waals surface area (Å²) in [5.74, 6) is 0. The Morgan fingerprint density at radius 3 is 3.44 bits per heavy atom. The number of hydrogen-bond donors (Lipinski definition) is 0. The number of hydrogen-bond acceptors (Lipinski definition) is 1. The molecule has 0 atom stereocenters. The Hall–Kier alpha value is -1.31. The van der Waals surface area contributed by atoms with Gasteiger partial charge in [-0.25, -0.2) is 4.68 Å². The van der Waals surface area contributed by atoms with Gasteiger partial charge in [-0.15, -0.1) is 0 Å². The third-order valence-corrected chi connectivity index (χ3v) is 1.28. The smallest absolute Gasteiger partial charge is 0.0478 e.